The molecular formula is C7H13O2. The van der Waals surface area contributed by atoms with Crippen LogP contribution >= 0.6 is 0 Å². The van der Waals surface area contributed by atoms with Crippen molar-refractivity contribution in [3.05, 3.63) is 6.42 Å². The zero-order chi connectivity index (χ0) is 6.53. The molecule has 1 fully saturated rings. The number of rotatable bonds is 3. The van der Waals surface area contributed by atoms with Gasteiger partial charge in [0.05, 0.1) is 19.3 Å². The first-order valence-electron chi connectivity index (χ1n) is 3.49. The minimum atomic E-state index is 0.143. The number of aliphatic hydroxyl groups is 1. The smallest absolute Gasteiger partial charge is 0.0701 e. The summed E-state index contributed by atoms with van der Waals surface area (Å²) >= 11 is 0. The fraction of sp³-hybridized carbons (Fsp3) is 0.857. The van der Waals surface area contributed by atoms with Crippen LogP contribution in [0, 0.1) is 6.42 Å². The molecule has 1 N–H and O–H groups in total. The van der Waals surface area contributed by atoms with Crippen molar-refractivity contribution >= 4 is 0 Å². The number of ether oxygens (including phenoxy) is 1. The summed E-state index contributed by atoms with van der Waals surface area (Å²) in [7, 11) is 0. The maximum Gasteiger partial charge on any atom is 0.0701 e. The lowest BCUT2D eigenvalue weighted by molar-refractivity contribution is 0.0502. The van der Waals surface area contributed by atoms with Gasteiger partial charge >= 0.3 is 0 Å². The fourth-order valence-electron chi connectivity index (χ4n) is 1.10. The molecule has 1 unspecified atom stereocenters. The molecule has 0 aromatic carbocycles. The molecule has 0 aromatic rings. The van der Waals surface area contributed by atoms with E-state index in [1.807, 2.05) is 0 Å². The Hall–Kier alpha value is -0.0800. The maximum absolute atomic E-state index is 8.39. The van der Waals surface area contributed by atoms with Crippen molar-refractivity contribution in [1.29, 1.82) is 0 Å². The van der Waals surface area contributed by atoms with E-state index in [0.29, 0.717) is 12.7 Å². The van der Waals surface area contributed by atoms with Gasteiger partial charge in [-0.2, -0.15) is 0 Å². The van der Waals surface area contributed by atoms with Crippen LogP contribution in [0.4, 0.5) is 0 Å². The highest BCUT2D eigenvalue weighted by Crippen LogP contribution is 2.19. The van der Waals surface area contributed by atoms with Crippen LogP contribution in [0.1, 0.15) is 19.3 Å². The zero-order valence-electron chi connectivity index (χ0n) is 5.55. The normalized spacial score (nSPS) is 21.0. The highest BCUT2D eigenvalue weighted by atomic mass is 16.5. The van der Waals surface area contributed by atoms with E-state index in [1.165, 1.54) is 12.8 Å². The molecule has 0 bridgehead atoms. The summed E-state index contributed by atoms with van der Waals surface area (Å²) in [5.41, 5.74) is 0. The predicted octanol–water partition coefficient (Wildman–Crippen LogP) is 0.752. The third kappa shape index (κ3) is 2.33. The van der Waals surface area contributed by atoms with Gasteiger partial charge in [0.1, 0.15) is 0 Å². The second-order valence-corrected chi connectivity index (χ2v) is 2.30. The van der Waals surface area contributed by atoms with E-state index in [0.717, 1.165) is 6.42 Å². The van der Waals surface area contributed by atoms with Crippen LogP contribution in [-0.4, -0.2) is 24.4 Å². The Labute approximate surface area is 55.8 Å². The summed E-state index contributed by atoms with van der Waals surface area (Å²) in [6.07, 6.45) is 6.07. The van der Waals surface area contributed by atoms with E-state index < -0.39 is 0 Å². The molecule has 0 amide bonds. The van der Waals surface area contributed by atoms with Crippen LogP contribution in [0.3, 0.4) is 0 Å². The van der Waals surface area contributed by atoms with Gasteiger partial charge < -0.3 is 9.84 Å². The average molecular weight is 129 g/mol. The fourth-order valence-corrected chi connectivity index (χ4v) is 1.10. The van der Waals surface area contributed by atoms with Gasteiger partial charge in [-0.25, -0.2) is 0 Å². The van der Waals surface area contributed by atoms with Crippen molar-refractivity contribution in [3.63, 3.8) is 0 Å². The van der Waals surface area contributed by atoms with Crippen LogP contribution in [0.5, 0.6) is 0 Å². The van der Waals surface area contributed by atoms with E-state index in [-0.39, 0.29) is 6.61 Å². The van der Waals surface area contributed by atoms with E-state index >= 15 is 0 Å². The first-order valence-corrected chi connectivity index (χ1v) is 3.49. The minimum absolute atomic E-state index is 0.143. The van der Waals surface area contributed by atoms with Gasteiger partial charge in [-0.15, -0.1) is 0 Å². The largest absolute Gasteiger partial charge is 0.394 e. The van der Waals surface area contributed by atoms with Gasteiger partial charge in [-0.1, -0.05) is 6.42 Å². The van der Waals surface area contributed by atoms with Crippen LogP contribution in [0.2, 0.25) is 0 Å². The first kappa shape index (κ1) is 7.03. The van der Waals surface area contributed by atoms with Crippen LogP contribution < -0.4 is 0 Å². The van der Waals surface area contributed by atoms with E-state index in [9.17, 15) is 0 Å². The van der Waals surface area contributed by atoms with Crippen molar-refractivity contribution in [3.8, 4) is 0 Å². The Morgan fingerprint density at radius 1 is 1.67 bits per heavy atom. The molecule has 2 heteroatoms. The predicted molar refractivity (Wildman–Crippen MR) is 35.0 cm³/mol. The Morgan fingerprint density at radius 2 is 2.56 bits per heavy atom. The summed E-state index contributed by atoms with van der Waals surface area (Å²) in [6, 6.07) is 0. The van der Waals surface area contributed by atoms with Crippen LogP contribution in [-0.2, 0) is 4.74 Å². The van der Waals surface area contributed by atoms with Crippen molar-refractivity contribution in [1.82, 2.24) is 0 Å². The van der Waals surface area contributed by atoms with Crippen molar-refractivity contribution in [2.45, 2.75) is 25.4 Å². The van der Waals surface area contributed by atoms with Crippen molar-refractivity contribution in [2.24, 2.45) is 0 Å². The lowest BCUT2D eigenvalue weighted by Gasteiger charge is -2.07. The molecule has 53 valence electrons. The molecule has 1 aliphatic rings. The summed E-state index contributed by atoms with van der Waals surface area (Å²) in [6.45, 7) is 0.630. The van der Waals surface area contributed by atoms with Gasteiger partial charge in [0.25, 0.3) is 0 Å². The third-order valence-corrected chi connectivity index (χ3v) is 1.55. The maximum atomic E-state index is 8.39. The molecule has 1 aliphatic carbocycles. The Kier molecular flexibility index (Phi) is 3.01. The van der Waals surface area contributed by atoms with Crippen molar-refractivity contribution in [2.75, 3.05) is 13.2 Å². The average Bonchev–Trinajstić information content (AvgIpc) is 2.34. The molecule has 1 rings (SSSR count). The molecule has 1 radical (unpaired) electrons. The molecule has 2 nitrogen and oxygen atoms in total. The van der Waals surface area contributed by atoms with Gasteiger partial charge in [-0.05, 0) is 19.3 Å². The van der Waals surface area contributed by atoms with E-state index in [4.69, 9.17) is 9.84 Å². The monoisotopic (exact) mass is 129 g/mol. The van der Waals surface area contributed by atoms with Crippen LogP contribution in [0.15, 0.2) is 0 Å². The molecule has 0 aliphatic heterocycles. The minimum Gasteiger partial charge on any atom is -0.394 e. The summed E-state index contributed by atoms with van der Waals surface area (Å²) in [5, 5.41) is 8.39. The lowest BCUT2D eigenvalue weighted by Crippen LogP contribution is -2.10. The Balaban J connectivity index is 1.98. The van der Waals surface area contributed by atoms with Gasteiger partial charge in [0.15, 0.2) is 0 Å². The summed E-state index contributed by atoms with van der Waals surface area (Å²) < 4.78 is 5.25. The van der Waals surface area contributed by atoms with Gasteiger partial charge in [-0.3, -0.25) is 0 Å². The number of hydrogen-bond donors (Lipinski definition) is 1. The van der Waals surface area contributed by atoms with Crippen molar-refractivity contribution < 1.29 is 9.84 Å². The molecule has 0 spiro atoms. The van der Waals surface area contributed by atoms with Gasteiger partial charge in [0.2, 0.25) is 0 Å². The lowest BCUT2D eigenvalue weighted by atomic mass is 10.3. The second kappa shape index (κ2) is 3.85. The second-order valence-electron chi connectivity index (χ2n) is 2.30. The van der Waals surface area contributed by atoms with E-state index in [1.54, 1.807) is 0 Å². The third-order valence-electron chi connectivity index (χ3n) is 1.55. The number of aliphatic hydroxyl groups excluding tert-OH is 1. The molecular weight excluding hydrogens is 116 g/mol. The summed E-state index contributed by atoms with van der Waals surface area (Å²) in [4.78, 5) is 0. The molecule has 1 saturated carbocycles. The van der Waals surface area contributed by atoms with Crippen LogP contribution in [0.25, 0.3) is 0 Å². The summed E-state index contributed by atoms with van der Waals surface area (Å²) in [5.74, 6) is 0. The molecule has 0 aromatic heterocycles. The highest BCUT2D eigenvalue weighted by molar-refractivity contribution is 4.84. The van der Waals surface area contributed by atoms with Gasteiger partial charge in [0, 0.05) is 0 Å². The van der Waals surface area contributed by atoms with E-state index in [2.05, 4.69) is 6.42 Å². The molecule has 1 atom stereocenters. The Bertz CT molecular complexity index is 67.3. The number of hydrogen-bond acceptors (Lipinski definition) is 2. The molecule has 0 saturated heterocycles. The quantitative estimate of drug-likeness (QED) is 0.609. The SMILES string of the molecule is OCCOC1[CH]CCC1. The Morgan fingerprint density at radius 3 is 3.11 bits per heavy atom. The zero-order valence-corrected chi connectivity index (χ0v) is 5.55. The molecule has 9 heavy (non-hydrogen) atoms. The standard InChI is InChI=1S/C7H13O2/c8-5-6-9-7-3-1-2-4-7/h3,7-8H,1-2,4-6H2. The molecule has 0 heterocycles. The first-order chi connectivity index (χ1) is 4.43. The topological polar surface area (TPSA) is 29.5 Å². The highest BCUT2D eigenvalue weighted by Gasteiger charge is 2.14.